The molecule has 5 heteroatoms. The van der Waals surface area contributed by atoms with Gasteiger partial charge in [-0.15, -0.1) is 0 Å². The number of hydrogen-bond acceptors (Lipinski definition) is 3. The van der Waals surface area contributed by atoms with Crippen LogP contribution in [0.5, 0.6) is 5.75 Å². The van der Waals surface area contributed by atoms with E-state index in [0.717, 1.165) is 5.56 Å². The minimum atomic E-state index is -0.989. The number of carbonyl (C=O) groups is 2. The Labute approximate surface area is 111 Å². The summed E-state index contributed by atoms with van der Waals surface area (Å²) < 4.78 is 5.49. The maximum absolute atomic E-state index is 11.3. The van der Waals surface area contributed by atoms with E-state index in [4.69, 9.17) is 9.84 Å². The van der Waals surface area contributed by atoms with Crippen molar-refractivity contribution in [2.24, 2.45) is 5.92 Å². The third-order valence-corrected chi connectivity index (χ3v) is 3.09. The molecule has 1 atom stereocenters. The first kappa shape index (κ1) is 13.4. The average Bonchev–Trinajstić information content (AvgIpc) is 2.34. The second-order valence-corrected chi connectivity index (χ2v) is 4.99. The highest BCUT2D eigenvalue weighted by atomic mass is 16.5. The van der Waals surface area contributed by atoms with Gasteiger partial charge in [-0.05, 0) is 18.1 Å². The average molecular weight is 263 g/mol. The molecule has 0 spiro atoms. The molecule has 0 bridgehead atoms. The van der Waals surface area contributed by atoms with E-state index < -0.39 is 12.1 Å². The fourth-order valence-corrected chi connectivity index (χ4v) is 2.04. The summed E-state index contributed by atoms with van der Waals surface area (Å²) in [5, 5.41) is 11.9. The van der Waals surface area contributed by atoms with Gasteiger partial charge in [-0.3, -0.25) is 4.79 Å². The maximum atomic E-state index is 11.3. The fraction of sp³-hybridized carbons (Fsp3) is 0.429. The summed E-state index contributed by atoms with van der Waals surface area (Å²) in [6.07, 6.45) is 0.294. The van der Waals surface area contributed by atoms with E-state index in [0.29, 0.717) is 24.3 Å². The summed E-state index contributed by atoms with van der Waals surface area (Å²) in [7, 11) is 0. The van der Waals surface area contributed by atoms with Gasteiger partial charge in [0.15, 0.2) is 6.10 Å². The molecule has 1 unspecified atom stereocenters. The van der Waals surface area contributed by atoms with Crippen molar-refractivity contribution >= 4 is 17.6 Å². The molecule has 1 aliphatic heterocycles. The molecule has 2 N–H and O–H groups in total. The predicted octanol–water partition coefficient (Wildman–Crippen LogP) is 2.06. The third kappa shape index (κ3) is 3.05. The van der Waals surface area contributed by atoms with Gasteiger partial charge in [0, 0.05) is 24.1 Å². The first-order valence-electron chi connectivity index (χ1n) is 6.29. The molecule has 19 heavy (non-hydrogen) atoms. The predicted molar refractivity (Wildman–Crippen MR) is 70.3 cm³/mol. The van der Waals surface area contributed by atoms with Crippen molar-refractivity contribution in [2.75, 3.05) is 5.32 Å². The summed E-state index contributed by atoms with van der Waals surface area (Å²) in [5.74, 6) is -0.690. The van der Waals surface area contributed by atoms with Gasteiger partial charge in [0.1, 0.15) is 5.75 Å². The maximum Gasteiger partial charge on any atom is 0.345 e. The van der Waals surface area contributed by atoms with Crippen molar-refractivity contribution < 1.29 is 19.4 Å². The zero-order chi connectivity index (χ0) is 14.0. The number of carboxylic acid groups (broad SMARTS) is 1. The number of carbonyl (C=O) groups excluding carboxylic acids is 1. The second-order valence-electron chi connectivity index (χ2n) is 4.99. The van der Waals surface area contributed by atoms with Gasteiger partial charge in [-0.2, -0.15) is 0 Å². The zero-order valence-electron chi connectivity index (χ0n) is 11.0. The van der Waals surface area contributed by atoms with Crippen molar-refractivity contribution in [1.29, 1.82) is 0 Å². The zero-order valence-corrected chi connectivity index (χ0v) is 11.0. The van der Waals surface area contributed by atoms with E-state index in [1.807, 2.05) is 6.07 Å². The lowest BCUT2D eigenvalue weighted by molar-refractivity contribution is -0.147. The molecule has 0 radical (unpaired) electrons. The number of aryl methyl sites for hydroxylation is 1. The Morgan fingerprint density at radius 2 is 2.11 bits per heavy atom. The SMILES string of the molecule is CC(C)C(Oc1ccc2c(c1)NC(=O)CC2)C(=O)O. The van der Waals surface area contributed by atoms with Gasteiger partial charge < -0.3 is 15.2 Å². The molecule has 1 heterocycles. The van der Waals surface area contributed by atoms with Crippen molar-refractivity contribution in [2.45, 2.75) is 32.8 Å². The number of benzene rings is 1. The Morgan fingerprint density at radius 1 is 1.37 bits per heavy atom. The summed E-state index contributed by atoms with van der Waals surface area (Å²) in [4.78, 5) is 22.4. The number of hydrogen-bond donors (Lipinski definition) is 2. The normalized spacial score (nSPS) is 15.6. The number of rotatable bonds is 4. The highest BCUT2D eigenvalue weighted by Gasteiger charge is 2.24. The molecule has 0 fully saturated rings. The number of nitrogens with one attached hydrogen (secondary N) is 1. The monoisotopic (exact) mass is 263 g/mol. The van der Waals surface area contributed by atoms with Crippen LogP contribution in [0.25, 0.3) is 0 Å². The highest BCUT2D eigenvalue weighted by molar-refractivity contribution is 5.94. The van der Waals surface area contributed by atoms with Crippen LogP contribution in [0.1, 0.15) is 25.8 Å². The number of anilines is 1. The smallest absolute Gasteiger partial charge is 0.345 e. The molecular formula is C14H17NO4. The van der Waals surface area contributed by atoms with E-state index >= 15 is 0 Å². The van der Waals surface area contributed by atoms with Crippen LogP contribution < -0.4 is 10.1 Å². The summed E-state index contributed by atoms with van der Waals surface area (Å²) in [6.45, 7) is 3.58. The minimum Gasteiger partial charge on any atom is -0.478 e. The Morgan fingerprint density at radius 3 is 2.74 bits per heavy atom. The molecule has 1 aromatic carbocycles. The lowest BCUT2D eigenvalue weighted by atomic mass is 10.0. The lowest BCUT2D eigenvalue weighted by Gasteiger charge is -2.21. The second kappa shape index (κ2) is 5.30. The molecule has 0 aliphatic carbocycles. The van der Waals surface area contributed by atoms with Gasteiger partial charge in [0.25, 0.3) is 0 Å². The highest BCUT2D eigenvalue weighted by Crippen LogP contribution is 2.28. The molecule has 0 aromatic heterocycles. The number of carboxylic acids is 1. The summed E-state index contributed by atoms with van der Waals surface area (Å²) >= 11 is 0. The van der Waals surface area contributed by atoms with E-state index in [1.54, 1.807) is 26.0 Å². The first-order chi connectivity index (χ1) is 8.97. The number of ether oxygens (including phenoxy) is 1. The number of fused-ring (bicyclic) bond motifs is 1. The quantitative estimate of drug-likeness (QED) is 0.871. The summed E-state index contributed by atoms with van der Waals surface area (Å²) in [5.41, 5.74) is 1.75. The van der Waals surface area contributed by atoms with E-state index in [-0.39, 0.29) is 11.8 Å². The molecule has 5 nitrogen and oxygen atoms in total. The van der Waals surface area contributed by atoms with Crippen molar-refractivity contribution in [3.63, 3.8) is 0 Å². The first-order valence-corrected chi connectivity index (χ1v) is 6.29. The van der Waals surface area contributed by atoms with E-state index in [9.17, 15) is 9.59 Å². The van der Waals surface area contributed by atoms with Crippen LogP contribution in [0.3, 0.4) is 0 Å². The topological polar surface area (TPSA) is 75.6 Å². The molecule has 1 aromatic rings. The third-order valence-electron chi connectivity index (χ3n) is 3.09. The van der Waals surface area contributed by atoms with Gasteiger partial charge in [-0.25, -0.2) is 4.79 Å². The van der Waals surface area contributed by atoms with Crippen LogP contribution in [0, 0.1) is 5.92 Å². The van der Waals surface area contributed by atoms with Gasteiger partial charge >= 0.3 is 5.97 Å². The molecule has 1 amide bonds. The largest absolute Gasteiger partial charge is 0.478 e. The number of aliphatic carboxylic acids is 1. The molecule has 0 saturated carbocycles. The molecule has 2 rings (SSSR count). The molecule has 1 aliphatic rings. The van der Waals surface area contributed by atoms with Crippen LogP contribution in [0.15, 0.2) is 18.2 Å². The Kier molecular flexibility index (Phi) is 3.74. The molecular weight excluding hydrogens is 246 g/mol. The van der Waals surface area contributed by atoms with Crippen molar-refractivity contribution in [3.8, 4) is 5.75 Å². The van der Waals surface area contributed by atoms with Gasteiger partial charge in [0.2, 0.25) is 5.91 Å². The van der Waals surface area contributed by atoms with Crippen LogP contribution in [0.2, 0.25) is 0 Å². The van der Waals surface area contributed by atoms with E-state index in [1.165, 1.54) is 0 Å². The van der Waals surface area contributed by atoms with Crippen LogP contribution in [0.4, 0.5) is 5.69 Å². The van der Waals surface area contributed by atoms with Crippen LogP contribution >= 0.6 is 0 Å². The fourth-order valence-electron chi connectivity index (χ4n) is 2.04. The standard InChI is InChI=1S/C14H17NO4/c1-8(2)13(14(17)18)19-10-5-3-9-4-6-12(16)15-11(9)7-10/h3,5,7-8,13H,4,6H2,1-2H3,(H,15,16)(H,17,18). The van der Waals surface area contributed by atoms with Crippen LogP contribution in [-0.2, 0) is 16.0 Å². The minimum absolute atomic E-state index is 0.0247. The van der Waals surface area contributed by atoms with Crippen LogP contribution in [-0.4, -0.2) is 23.1 Å². The number of amides is 1. The van der Waals surface area contributed by atoms with Gasteiger partial charge in [-0.1, -0.05) is 19.9 Å². The van der Waals surface area contributed by atoms with Crippen molar-refractivity contribution in [1.82, 2.24) is 0 Å². The lowest BCUT2D eigenvalue weighted by Crippen LogP contribution is -2.32. The Hall–Kier alpha value is -2.04. The Bertz CT molecular complexity index is 510. The van der Waals surface area contributed by atoms with Crippen molar-refractivity contribution in [3.05, 3.63) is 23.8 Å². The van der Waals surface area contributed by atoms with Gasteiger partial charge in [0.05, 0.1) is 0 Å². The summed E-state index contributed by atoms with van der Waals surface area (Å²) in [6, 6.07) is 5.29. The van der Waals surface area contributed by atoms with E-state index in [2.05, 4.69) is 5.32 Å². The molecule has 0 saturated heterocycles. The Balaban J connectivity index is 2.20. The molecule has 102 valence electrons.